The monoisotopic (exact) mass is 552 g/mol. The van der Waals surface area contributed by atoms with Gasteiger partial charge in [-0.1, -0.05) is 39.8 Å². The van der Waals surface area contributed by atoms with E-state index in [4.69, 9.17) is 4.74 Å². The first-order valence-electron chi connectivity index (χ1n) is 14.0. The van der Waals surface area contributed by atoms with Crippen molar-refractivity contribution in [2.45, 2.75) is 85.1 Å². The minimum Gasteiger partial charge on any atom is -0.381 e. The van der Waals surface area contributed by atoms with Gasteiger partial charge in [0, 0.05) is 44.1 Å². The van der Waals surface area contributed by atoms with Gasteiger partial charge in [0.15, 0.2) is 0 Å². The highest BCUT2D eigenvalue weighted by atomic mass is 19.4. The number of nitrogens with zero attached hydrogens (tertiary/aromatic N) is 1. The number of pyridine rings is 1. The number of aromatic nitrogens is 1. The number of hydrogen-bond acceptors (Lipinski definition) is 5. The Morgan fingerprint density at radius 1 is 1.08 bits per heavy atom. The third kappa shape index (κ3) is 8.83. The molecule has 3 heterocycles. The summed E-state index contributed by atoms with van der Waals surface area (Å²) in [5, 5.41) is 9.40. The minimum atomic E-state index is -4.46. The lowest BCUT2D eigenvalue weighted by Gasteiger charge is -2.28. The third-order valence-corrected chi connectivity index (χ3v) is 6.80. The smallest absolute Gasteiger partial charge is 0.381 e. The van der Waals surface area contributed by atoms with Gasteiger partial charge in [0.2, 0.25) is 0 Å². The number of piperidine rings is 1. The Kier molecular flexibility index (Phi) is 13.0. The molecule has 0 radical (unpaired) electrons. The average Bonchev–Trinajstić information content (AvgIpc) is 2.95. The maximum atomic E-state index is 13.3. The molecule has 0 spiro atoms. The van der Waals surface area contributed by atoms with E-state index in [1.54, 1.807) is 16.8 Å². The number of ether oxygens (including phenoxy) is 1. The zero-order valence-corrected chi connectivity index (χ0v) is 23.7. The van der Waals surface area contributed by atoms with Gasteiger partial charge in [-0.3, -0.25) is 9.59 Å². The van der Waals surface area contributed by atoms with Gasteiger partial charge in [0.25, 0.3) is 11.5 Å². The van der Waals surface area contributed by atoms with Crippen LogP contribution in [0.5, 0.6) is 0 Å². The van der Waals surface area contributed by atoms with E-state index in [-0.39, 0.29) is 29.8 Å². The molecule has 10 heteroatoms. The minimum absolute atomic E-state index is 0.0578. The molecule has 7 nitrogen and oxygen atoms in total. The van der Waals surface area contributed by atoms with Crippen LogP contribution in [0, 0.1) is 6.92 Å². The maximum Gasteiger partial charge on any atom is 0.416 e. The molecule has 2 aliphatic rings. The fraction of sp³-hybridized carbons (Fsp3) is 0.586. The Morgan fingerprint density at radius 3 is 2.33 bits per heavy atom. The molecule has 0 atom stereocenters. The Bertz CT molecular complexity index is 1110. The van der Waals surface area contributed by atoms with Gasteiger partial charge in [0.1, 0.15) is 0 Å². The standard InChI is InChI=1S/C25H31F3N4O3.2C2H6/c1-16-17(3-2-4-21(16)25(26,27)28)14-30-24(34)20-15-32(19-7-11-35-12-8-19)23(33)13-22(20)31-18-5-9-29-10-6-18;2*1-2/h2-4,13,15,18-19,29,31H,5-12,14H2,1H3,(H,30,34);2*1-2H3. The lowest BCUT2D eigenvalue weighted by atomic mass is 10.0. The van der Waals surface area contributed by atoms with Crippen LogP contribution in [-0.2, 0) is 17.5 Å². The summed E-state index contributed by atoms with van der Waals surface area (Å²) in [6, 6.07) is 5.45. The predicted molar refractivity (Wildman–Crippen MR) is 149 cm³/mol. The van der Waals surface area contributed by atoms with Crippen LogP contribution >= 0.6 is 0 Å². The molecule has 4 rings (SSSR count). The van der Waals surface area contributed by atoms with Crippen LogP contribution in [0.4, 0.5) is 18.9 Å². The zero-order valence-electron chi connectivity index (χ0n) is 23.7. The molecule has 2 saturated heterocycles. The number of amides is 1. The number of halogens is 3. The highest BCUT2D eigenvalue weighted by Gasteiger charge is 2.33. The molecule has 0 saturated carbocycles. The van der Waals surface area contributed by atoms with Crippen LogP contribution in [-0.4, -0.2) is 42.8 Å². The quantitative estimate of drug-likeness (QED) is 0.430. The van der Waals surface area contributed by atoms with Crippen molar-refractivity contribution in [2.24, 2.45) is 0 Å². The van der Waals surface area contributed by atoms with Crippen molar-refractivity contribution in [3.8, 4) is 0 Å². The number of rotatable bonds is 6. The number of carbonyl (C=O) groups excluding carboxylic acids is 1. The Labute approximate surface area is 229 Å². The van der Waals surface area contributed by atoms with E-state index < -0.39 is 17.6 Å². The Balaban J connectivity index is 0.00000127. The summed E-state index contributed by atoms with van der Waals surface area (Å²) in [5.74, 6) is -0.445. The van der Waals surface area contributed by atoms with Gasteiger partial charge in [-0.05, 0) is 62.9 Å². The van der Waals surface area contributed by atoms with Crippen LogP contribution < -0.4 is 21.5 Å². The number of carbonyl (C=O) groups is 1. The van der Waals surface area contributed by atoms with Crippen LogP contribution in [0.1, 0.15) is 86.5 Å². The van der Waals surface area contributed by atoms with E-state index in [1.807, 2.05) is 27.7 Å². The number of benzene rings is 1. The summed E-state index contributed by atoms with van der Waals surface area (Å²) in [6.07, 6.45) is 0.170. The zero-order chi connectivity index (χ0) is 29.0. The van der Waals surface area contributed by atoms with Crippen molar-refractivity contribution >= 4 is 11.6 Å². The average molecular weight is 553 g/mol. The van der Waals surface area contributed by atoms with Crippen LogP contribution in [0.25, 0.3) is 0 Å². The summed E-state index contributed by atoms with van der Waals surface area (Å²) in [5.41, 5.74) is 0.311. The molecule has 0 unspecified atom stereocenters. The molecule has 1 aromatic heterocycles. The van der Waals surface area contributed by atoms with Gasteiger partial charge in [0.05, 0.1) is 16.8 Å². The number of hydrogen-bond donors (Lipinski definition) is 3. The van der Waals surface area contributed by atoms with Crippen LogP contribution in [0.15, 0.2) is 35.3 Å². The van der Waals surface area contributed by atoms with Crippen LogP contribution in [0.3, 0.4) is 0 Å². The van der Waals surface area contributed by atoms with Gasteiger partial charge < -0.3 is 25.3 Å². The van der Waals surface area contributed by atoms with E-state index in [0.717, 1.165) is 32.0 Å². The van der Waals surface area contributed by atoms with E-state index in [9.17, 15) is 22.8 Å². The first kappa shape index (κ1) is 32.4. The Hall–Kier alpha value is -2.85. The van der Waals surface area contributed by atoms with E-state index in [1.165, 1.54) is 19.1 Å². The molecule has 0 aliphatic carbocycles. The molecular weight excluding hydrogens is 509 g/mol. The number of alkyl halides is 3. The third-order valence-electron chi connectivity index (χ3n) is 6.80. The molecule has 0 bridgehead atoms. The maximum absolute atomic E-state index is 13.3. The van der Waals surface area contributed by atoms with Crippen molar-refractivity contribution in [1.29, 1.82) is 0 Å². The molecular formula is C29H43F3N4O3. The van der Waals surface area contributed by atoms with E-state index >= 15 is 0 Å². The van der Waals surface area contributed by atoms with Gasteiger partial charge in [-0.2, -0.15) is 13.2 Å². The van der Waals surface area contributed by atoms with Crippen molar-refractivity contribution in [3.63, 3.8) is 0 Å². The summed E-state index contributed by atoms with van der Waals surface area (Å²) in [4.78, 5) is 26.2. The highest BCUT2D eigenvalue weighted by Crippen LogP contribution is 2.33. The summed E-state index contributed by atoms with van der Waals surface area (Å²) in [7, 11) is 0. The fourth-order valence-electron chi connectivity index (χ4n) is 4.74. The van der Waals surface area contributed by atoms with Gasteiger partial charge in [-0.15, -0.1) is 0 Å². The van der Waals surface area contributed by atoms with Crippen molar-refractivity contribution in [3.05, 3.63) is 63.1 Å². The second kappa shape index (κ2) is 15.7. The fourth-order valence-corrected chi connectivity index (χ4v) is 4.74. The summed E-state index contributed by atoms with van der Waals surface area (Å²) >= 11 is 0. The first-order valence-corrected chi connectivity index (χ1v) is 14.0. The molecule has 1 amide bonds. The van der Waals surface area contributed by atoms with Gasteiger partial charge in [-0.25, -0.2) is 0 Å². The first-order chi connectivity index (χ1) is 18.7. The lowest BCUT2D eigenvalue weighted by molar-refractivity contribution is -0.138. The van der Waals surface area contributed by atoms with Crippen molar-refractivity contribution < 1.29 is 22.7 Å². The topological polar surface area (TPSA) is 84.4 Å². The molecule has 218 valence electrons. The predicted octanol–water partition coefficient (Wildman–Crippen LogP) is 5.67. The van der Waals surface area contributed by atoms with Crippen molar-refractivity contribution in [2.75, 3.05) is 31.6 Å². The summed E-state index contributed by atoms with van der Waals surface area (Å²) in [6.45, 7) is 12.1. The largest absolute Gasteiger partial charge is 0.416 e. The number of anilines is 1. The van der Waals surface area contributed by atoms with Crippen LogP contribution in [0.2, 0.25) is 0 Å². The molecule has 3 N–H and O–H groups in total. The lowest BCUT2D eigenvalue weighted by Crippen LogP contribution is -2.37. The van der Waals surface area contributed by atoms with E-state index in [2.05, 4.69) is 16.0 Å². The molecule has 39 heavy (non-hydrogen) atoms. The summed E-state index contributed by atoms with van der Waals surface area (Å²) < 4.78 is 46.8. The molecule has 1 aromatic carbocycles. The second-order valence-corrected chi connectivity index (χ2v) is 9.13. The highest BCUT2D eigenvalue weighted by molar-refractivity contribution is 5.99. The van der Waals surface area contributed by atoms with E-state index in [0.29, 0.717) is 42.9 Å². The SMILES string of the molecule is CC.CC.Cc1c(CNC(=O)c2cn(C3CCOCC3)c(=O)cc2NC2CCNCC2)cccc1C(F)(F)F. The molecule has 2 fully saturated rings. The molecule has 2 aliphatic heterocycles. The second-order valence-electron chi connectivity index (χ2n) is 9.13. The Morgan fingerprint density at radius 2 is 1.72 bits per heavy atom. The molecule has 2 aromatic rings. The van der Waals surface area contributed by atoms with Gasteiger partial charge >= 0.3 is 6.18 Å². The normalized spacial score (nSPS) is 16.3. The van der Waals surface area contributed by atoms with Crippen molar-refractivity contribution in [1.82, 2.24) is 15.2 Å². The number of nitrogens with one attached hydrogen (secondary N) is 3.